The summed E-state index contributed by atoms with van der Waals surface area (Å²) in [7, 11) is 0. The average Bonchev–Trinajstić information content (AvgIpc) is 2.78. The van der Waals surface area contributed by atoms with Gasteiger partial charge in [-0.25, -0.2) is 0 Å². The molecular weight excluding hydrogens is 252 g/mol. The van der Waals surface area contributed by atoms with Crippen LogP contribution in [0, 0.1) is 13.8 Å². The first kappa shape index (κ1) is 13.7. The van der Waals surface area contributed by atoms with E-state index in [1.807, 2.05) is 19.9 Å². The van der Waals surface area contributed by atoms with Crippen molar-refractivity contribution in [3.63, 3.8) is 0 Å². The van der Waals surface area contributed by atoms with Gasteiger partial charge in [0.1, 0.15) is 11.5 Å². The number of carbonyl (C=O) groups excluding carboxylic acids is 1. The highest BCUT2D eigenvalue weighted by molar-refractivity contribution is 5.96. The molecule has 4 nitrogen and oxygen atoms in total. The minimum atomic E-state index is 0.0329. The van der Waals surface area contributed by atoms with Crippen molar-refractivity contribution in [3.05, 3.63) is 23.2 Å². The maximum absolute atomic E-state index is 12.9. The number of amides is 1. The van der Waals surface area contributed by atoms with Gasteiger partial charge in [0, 0.05) is 19.6 Å². The second-order valence-corrected chi connectivity index (χ2v) is 6.25. The largest absolute Gasteiger partial charge is 0.466 e. The lowest BCUT2D eigenvalue weighted by molar-refractivity contribution is 0.0221. The lowest BCUT2D eigenvalue weighted by atomic mass is 9.78. The fraction of sp³-hybridized carbons (Fsp3) is 0.688. The molecule has 1 N–H and O–H groups in total. The second kappa shape index (κ2) is 5.24. The molecule has 1 aromatic heterocycles. The third-order valence-electron chi connectivity index (χ3n) is 4.84. The van der Waals surface area contributed by atoms with Crippen molar-refractivity contribution >= 4 is 5.91 Å². The molecule has 110 valence electrons. The lowest BCUT2D eigenvalue weighted by Crippen LogP contribution is -2.63. The number of piperazine rings is 1. The van der Waals surface area contributed by atoms with Crippen molar-refractivity contribution in [3.8, 4) is 0 Å². The van der Waals surface area contributed by atoms with E-state index < -0.39 is 0 Å². The van der Waals surface area contributed by atoms with Crippen molar-refractivity contribution < 1.29 is 9.21 Å². The van der Waals surface area contributed by atoms with Gasteiger partial charge >= 0.3 is 0 Å². The van der Waals surface area contributed by atoms with Gasteiger partial charge in [-0.15, -0.1) is 0 Å². The summed E-state index contributed by atoms with van der Waals surface area (Å²) < 4.78 is 5.54. The summed E-state index contributed by atoms with van der Waals surface area (Å²) in [6, 6.07) is 1.89. The highest BCUT2D eigenvalue weighted by Crippen LogP contribution is 2.36. The number of hydrogen-bond acceptors (Lipinski definition) is 3. The standard InChI is InChI=1S/C16H24N2O2/c1-12-10-14(13(2)20-12)15(19)18-9-8-17-11-16(18)6-4-3-5-7-16/h10,17H,3-9,11H2,1-2H3. The van der Waals surface area contributed by atoms with Crippen molar-refractivity contribution in [1.82, 2.24) is 10.2 Å². The fourth-order valence-electron chi connectivity index (χ4n) is 3.81. The molecule has 0 radical (unpaired) electrons. The Bertz CT molecular complexity index is 492. The highest BCUT2D eigenvalue weighted by atomic mass is 16.3. The van der Waals surface area contributed by atoms with E-state index in [1.54, 1.807) is 0 Å². The molecule has 3 rings (SSSR count). The first-order chi connectivity index (χ1) is 9.62. The van der Waals surface area contributed by atoms with Gasteiger partial charge in [0.05, 0.1) is 11.1 Å². The molecule has 2 heterocycles. The van der Waals surface area contributed by atoms with Crippen LogP contribution in [-0.4, -0.2) is 36.0 Å². The van der Waals surface area contributed by atoms with Gasteiger partial charge in [-0.05, 0) is 32.8 Å². The Hall–Kier alpha value is -1.29. The molecule has 1 saturated heterocycles. The first-order valence-electron chi connectivity index (χ1n) is 7.72. The third-order valence-corrected chi connectivity index (χ3v) is 4.84. The van der Waals surface area contributed by atoms with Crippen LogP contribution in [0.15, 0.2) is 10.5 Å². The Morgan fingerprint density at radius 3 is 2.70 bits per heavy atom. The predicted octanol–water partition coefficient (Wildman–Crippen LogP) is 2.64. The molecule has 1 amide bonds. The Kier molecular flexibility index (Phi) is 3.59. The van der Waals surface area contributed by atoms with E-state index >= 15 is 0 Å². The molecular formula is C16H24N2O2. The number of furan rings is 1. The van der Waals surface area contributed by atoms with Crippen molar-refractivity contribution in [2.45, 2.75) is 51.5 Å². The zero-order chi connectivity index (χ0) is 14.2. The van der Waals surface area contributed by atoms with E-state index in [0.29, 0.717) is 0 Å². The zero-order valence-electron chi connectivity index (χ0n) is 12.5. The molecule has 1 aromatic rings. The maximum Gasteiger partial charge on any atom is 0.257 e. The van der Waals surface area contributed by atoms with Gasteiger partial charge in [0.15, 0.2) is 0 Å². The number of hydrogen-bond donors (Lipinski definition) is 1. The Morgan fingerprint density at radius 2 is 2.05 bits per heavy atom. The number of nitrogens with zero attached hydrogens (tertiary/aromatic N) is 1. The molecule has 1 aliphatic heterocycles. The molecule has 0 aromatic carbocycles. The maximum atomic E-state index is 12.9. The van der Waals surface area contributed by atoms with Crippen molar-refractivity contribution in [2.75, 3.05) is 19.6 Å². The summed E-state index contributed by atoms with van der Waals surface area (Å²) in [5.41, 5.74) is 0.778. The average molecular weight is 276 g/mol. The van der Waals surface area contributed by atoms with Crippen LogP contribution in [-0.2, 0) is 0 Å². The van der Waals surface area contributed by atoms with Crippen LogP contribution < -0.4 is 5.32 Å². The summed E-state index contributed by atoms with van der Waals surface area (Å²) in [6.45, 7) is 6.42. The van der Waals surface area contributed by atoms with Gasteiger partial charge in [-0.1, -0.05) is 19.3 Å². The van der Waals surface area contributed by atoms with Crippen LogP contribution in [0.2, 0.25) is 0 Å². The van der Waals surface area contributed by atoms with Crippen LogP contribution in [0.25, 0.3) is 0 Å². The van der Waals surface area contributed by atoms with E-state index in [9.17, 15) is 4.79 Å². The molecule has 20 heavy (non-hydrogen) atoms. The summed E-state index contributed by atoms with van der Waals surface area (Å²) in [5, 5.41) is 3.48. The smallest absolute Gasteiger partial charge is 0.257 e. The van der Waals surface area contributed by atoms with Crippen LogP contribution >= 0.6 is 0 Å². The fourth-order valence-corrected chi connectivity index (χ4v) is 3.81. The van der Waals surface area contributed by atoms with Gasteiger partial charge in [0.2, 0.25) is 0 Å². The summed E-state index contributed by atoms with van der Waals surface area (Å²) >= 11 is 0. The summed E-state index contributed by atoms with van der Waals surface area (Å²) in [5.74, 6) is 1.72. The Balaban J connectivity index is 1.89. The summed E-state index contributed by atoms with van der Waals surface area (Å²) in [4.78, 5) is 15.1. The summed E-state index contributed by atoms with van der Waals surface area (Å²) in [6.07, 6.45) is 6.01. The lowest BCUT2D eigenvalue weighted by Gasteiger charge is -2.49. The minimum Gasteiger partial charge on any atom is -0.466 e. The van der Waals surface area contributed by atoms with Crippen LogP contribution in [0.3, 0.4) is 0 Å². The topological polar surface area (TPSA) is 45.5 Å². The third kappa shape index (κ3) is 2.26. The van der Waals surface area contributed by atoms with E-state index in [1.165, 1.54) is 19.3 Å². The molecule has 0 atom stereocenters. The van der Waals surface area contributed by atoms with Gasteiger partial charge in [-0.2, -0.15) is 0 Å². The zero-order valence-corrected chi connectivity index (χ0v) is 12.5. The van der Waals surface area contributed by atoms with Gasteiger partial charge in [0.25, 0.3) is 5.91 Å². The number of nitrogens with one attached hydrogen (secondary N) is 1. The Morgan fingerprint density at radius 1 is 1.30 bits per heavy atom. The SMILES string of the molecule is Cc1cc(C(=O)N2CCNCC23CCCCC3)c(C)o1. The van der Waals surface area contributed by atoms with Crippen LogP contribution in [0.5, 0.6) is 0 Å². The van der Waals surface area contributed by atoms with E-state index in [4.69, 9.17) is 4.42 Å². The molecule has 2 aliphatic rings. The highest BCUT2D eigenvalue weighted by Gasteiger charge is 2.42. The van der Waals surface area contributed by atoms with Crippen LogP contribution in [0.1, 0.15) is 54.0 Å². The first-order valence-corrected chi connectivity index (χ1v) is 7.72. The number of rotatable bonds is 1. The minimum absolute atomic E-state index is 0.0329. The quantitative estimate of drug-likeness (QED) is 0.857. The van der Waals surface area contributed by atoms with E-state index in [2.05, 4.69) is 10.2 Å². The van der Waals surface area contributed by atoms with E-state index in [0.717, 1.165) is 49.6 Å². The molecule has 4 heteroatoms. The number of aryl methyl sites for hydroxylation is 2. The molecule has 2 fully saturated rings. The second-order valence-electron chi connectivity index (χ2n) is 6.25. The van der Waals surface area contributed by atoms with Gasteiger partial charge < -0.3 is 14.6 Å². The monoisotopic (exact) mass is 276 g/mol. The predicted molar refractivity (Wildman–Crippen MR) is 77.9 cm³/mol. The molecule has 1 spiro atoms. The normalized spacial score (nSPS) is 22.2. The molecule has 1 aliphatic carbocycles. The number of carbonyl (C=O) groups is 1. The molecule has 0 unspecified atom stereocenters. The van der Waals surface area contributed by atoms with Gasteiger partial charge in [-0.3, -0.25) is 4.79 Å². The van der Waals surface area contributed by atoms with Crippen molar-refractivity contribution in [2.24, 2.45) is 0 Å². The Labute approximate surface area is 120 Å². The van der Waals surface area contributed by atoms with Crippen LogP contribution in [0.4, 0.5) is 0 Å². The molecule has 0 bridgehead atoms. The van der Waals surface area contributed by atoms with Crippen molar-refractivity contribution in [1.29, 1.82) is 0 Å². The van der Waals surface area contributed by atoms with E-state index in [-0.39, 0.29) is 11.4 Å². The molecule has 1 saturated carbocycles.